The third-order valence-electron chi connectivity index (χ3n) is 12.3. The van der Waals surface area contributed by atoms with Gasteiger partial charge in [-0.3, -0.25) is 23.2 Å². The number of aliphatic hydroxyl groups excluding tert-OH is 1. The first-order valence-electron chi connectivity index (χ1n) is 24.4. The normalized spacial score (nSPS) is 33.6. The number of carbonyl (C=O) groups excluding carboxylic acids is 3. The van der Waals surface area contributed by atoms with Crippen LogP contribution >= 0.6 is 27.4 Å². The lowest BCUT2D eigenvalue weighted by atomic mass is 9.92. The van der Waals surface area contributed by atoms with Crippen LogP contribution in [0.25, 0.3) is 0 Å². The van der Waals surface area contributed by atoms with Gasteiger partial charge in [0.05, 0.1) is 103 Å². The van der Waals surface area contributed by atoms with Gasteiger partial charge >= 0.3 is 13.9 Å². The minimum absolute atomic E-state index is 0.0492. The van der Waals surface area contributed by atoms with E-state index in [0.717, 1.165) is 31.4 Å². The summed E-state index contributed by atoms with van der Waals surface area (Å²) in [6.07, 6.45) is -3.27. The number of phosphoric acid groups is 2. The number of fused-ring (bicyclic) bond motifs is 3. The van der Waals surface area contributed by atoms with Crippen LogP contribution in [0.5, 0.6) is 0 Å². The molecule has 6 heterocycles. The molecule has 30 heteroatoms. The zero-order chi connectivity index (χ0) is 51.6. The van der Waals surface area contributed by atoms with Gasteiger partial charge in [-0.05, 0) is 46.5 Å². The SMILES string of the molecule is C[C@@H]1O[C@@H]2COP(=O)([O-])OC3[C@@H](COP(=O)(O)O[C@@H]2C1O)O[C@@H](C)[C@H]3OCc1cn(CC(=O)NCCCOCCOCCOCCOCCOCCCNC(=O)CCCC[C@@H]2SC[C@]3(C)NC(=O)N[C@H]23)nn1. The summed E-state index contributed by atoms with van der Waals surface area (Å²) in [4.78, 5) is 59.7. The van der Waals surface area contributed by atoms with Gasteiger partial charge < -0.3 is 83.1 Å². The highest BCUT2D eigenvalue weighted by Gasteiger charge is 2.52. The monoisotopic (exact) mass is 1090 g/mol. The second-order valence-corrected chi connectivity index (χ2v) is 22.1. The highest BCUT2D eigenvalue weighted by molar-refractivity contribution is 8.00. The number of rotatable bonds is 30. The standard InChI is InChI=1S/C42H73N7O20P2S/c1-28-36(52)38-31(66-28)25-64-71(56,57)69-39-32(26-65-70(54,55)68-38)67-29(2)37(39)63-24-30-22-49(48-47-30)23-35(51)44-11-7-13-59-15-17-61-19-21-62-20-18-60-16-14-58-12-6-10-43-34(50)9-5-4-8-33-40-42(3,27-72-33)46-41(53)45-40/h22,28-29,31-33,36-40,52H,4-21,23-27H2,1-3H3,(H,43,50)(H,44,51)(H,54,55)(H,56,57)(H2,45,46,53)/p-1/t28-,29-,31+,32+,33-,36?,37+,38-,39?,40+,42-/m0/s1. The van der Waals surface area contributed by atoms with E-state index in [1.807, 2.05) is 11.8 Å². The highest BCUT2D eigenvalue weighted by atomic mass is 32.2. The fraction of sp³-hybridized carbons (Fsp3) is 0.881. The van der Waals surface area contributed by atoms with E-state index in [2.05, 4.69) is 38.5 Å². The minimum Gasteiger partial charge on any atom is -0.756 e. The lowest BCUT2D eigenvalue weighted by Gasteiger charge is -2.33. The molecule has 6 N–H and O–H groups in total. The lowest BCUT2D eigenvalue weighted by molar-refractivity contribution is -0.237. The van der Waals surface area contributed by atoms with Crippen LogP contribution in [0.15, 0.2) is 6.20 Å². The molecular weight excluding hydrogens is 1020 g/mol. The summed E-state index contributed by atoms with van der Waals surface area (Å²) in [7, 11) is -9.86. The Morgan fingerprint density at radius 1 is 0.861 bits per heavy atom. The van der Waals surface area contributed by atoms with Crippen molar-refractivity contribution in [1.29, 1.82) is 0 Å². The maximum atomic E-state index is 12.9. The van der Waals surface area contributed by atoms with E-state index in [9.17, 15) is 38.4 Å². The van der Waals surface area contributed by atoms with Crippen molar-refractivity contribution < 1.29 is 94.4 Å². The van der Waals surface area contributed by atoms with Crippen molar-refractivity contribution >= 4 is 45.3 Å². The molecule has 5 fully saturated rings. The Labute approximate surface area is 422 Å². The van der Waals surface area contributed by atoms with Crippen LogP contribution < -0.4 is 26.2 Å². The van der Waals surface area contributed by atoms with Gasteiger partial charge in [0.15, 0.2) is 0 Å². The Kier molecular flexibility index (Phi) is 23.8. The third-order valence-corrected chi connectivity index (χ3v) is 15.9. The predicted octanol–water partition coefficient (Wildman–Crippen LogP) is -0.304. The molecule has 1 aromatic heterocycles. The average molecular weight is 1090 g/mol. The van der Waals surface area contributed by atoms with Crippen molar-refractivity contribution in [3.05, 3.63) is 11.9 Å². The topological polar surface area (TPSA) is 338 Å². The fourth-order valence-electron chi connectivity index (χ4n) is 8.58. The Morgan fingerprint density at radius 2 is 1.46 bits per heavy atom. The quantitative estimate of drug-likeness (QED) is 0.0327. The van der Waals surface area contributed by atoms with Crippen molar-refractivity contribution in [2.45, 2.75) is 138 Å². The number of hydrogen-bond acceptors (Lipinski definition) is 22. The zero-order valence-corrected chi connectivity index (χ0v) is 43.6. The van der Waals surface area contributed by atoms with Gasteiger partial charge in [0, 0.05) is 43.7 Å². The van der Waals surface area contributed by atoms with Crippen molar-refractivity contribution in [2.24, 2.45) is 0 Å². The van der Waals surface area contributed by atoms with Crippen LogP contribution in [0.3, 0.4) is 0 Å². The molecule has 5 saturated heterocycles. The summed E-state index contributed by atoms with van der Waals surface area (Å²) in [6.45, 7) is 8.74. The number of aromatic nitrogens is 3. The summed E-state index contributed by atoms with van der Waals surface area (Å²) in [6, 6.07) is 0.0643. The summed E-state index contributed by atoms with van der Waals surface area (Å²) in [5, 5.41) is 30.5. The molecule has 0 spiro atoms. The number of nitrogens with zero attached hydrogens (tertiary/aromatic N) is 3. The van der Waals surface area contributed by atoms with E-state index >= 15 is 0 Å². The van der Waals surface area contributed by atoms with Gasteiger partial charge in [0.2, 0.25) is 11.8 Å². The van der Waals surface area contributed by atoms with Crippen LogP contribution in [0, 0.1) is 0 Å². The van der Waals surface area contributed by atoms with Gasteiger partial charge in [-0.25, -0.2) is 14.0 Å². The van der Waals surface area contributed by atoms with Gasteiger partial charge in [-0.15, -0.1) is 5.10 Å². The molecule has 13 atom stereocenters. The molecule has 0 aromatic carbocycles. The van der Waals surface area contributed by atoms with Crippen LogP contribution in [0.2, 0.25) is 0 Å². The number of thioether (sulfide) groups is 1. The van der Waals surface area contributed by atoms with Crippen LogP contribution in [-0.2, 0) is 87.9 Å². The maximum Gasteiger partial charge on any atom is 0.472 e. The summed E-state index contributed by atoms with van der Waals surface area (Å²) in [5.74, 6) is 0.645. The summed E-state index contributed by atoms with van der Waals surface area (Å²) in [5.41, 5.74) is 0.136. The van der Waals surface area contributed by atoms with Gasteiger partial charge in [0.1, 0.15) is 48.9 Å². The largest absolute Gasteiger partial charge is 0.756 e. The maximum absolute atomic E-state index is 12.9. The summed E-state index contributed by atoms with van der Waals surface area (Å²) < 4.78 is 92.6. The molecular formula is C42H72N7O20P2S-. The molecule has 72 heavy (non-hydrogen) atoms. The number of urea groups is 1. The van der Waals surface area contributed by atoms with Crippen LogP contribution in [0.1, 0.15) is 65.0 Å². The molecule has 27 nitrogen and oxygen atoms in total. The fourth-order valence-corrected chi connectivity index (χ4v) is 12.2. The first kappa shape index (κ1) is 58.8. The second-order valence-electron chi connectivity index (χ2n) is 18.1. The number of phosphoric ester groups is 2. The minimum atomic E-state index is -5.06. The number of amides is 4. The number of nitrogens with one attached hydrogen (secondary N) is 4. The molecule has 5 aliphatic rings. The number of aliphatic hydroxyl groups is 1. The molecule has 0 saturated carbocycles. The number of hydrogen-bond donors (Lipinski definition) is 6. The van der Waals surface area contributed by atoms with E-state index in [1.165, 1.54) is 17.8 Å². The Bertz CT molecular complexity index is 1950. The van der Waals surface area contributed by atoms with Crippen molar-refractivity contribution in [2.75, 3.05) is 98.1 Å². The first-order chi connectivity index (χ1) is 34.5. The highest BCUT2D eigenvalue weighted by Crippen LogP contribution is 2.51. The second kappa shape index (κ2) is 29.2. The number of ether oxygens (including phenoxy) is 8. The van der Waals surface area contributed by atoms with E-state index in [0.29, 0.717) is 103 Å². The molecule has 1 aromatic rings. The molecule has 6 rings (SSSR count). The Morgan fingerprint density at radius 3 is 2.12 bits per heavy atom. The van der Waals surface area contributed by atoms with Gasteiger partial charge in [0.25, 0.3) is 7.82 Å². The third kappa shape index (κ3) is 19.0. The molecule has 5 aliphatic heterocycles. The molecule has 0 radical (unpaired) electrons. The van der Waals surface area contributed by atoms with Gasteiger partial charge in [-0.2, -0.15) is 11.8 Å². The average Bonchev–Trinajstić information content (AvgIpc) is 4.11. The van der Waals surface area contributed by atoms with Crippen molar-refractivity contribution in [3.63, 3.8) is 0 Å². The molecule has 0 bridgehead atoms. The van der Waals surface area contributed by atoms with Crippen LogP contribution in [0.4, 0.5) is 4.79 Å². The number of carbonyl (C=O) groups is 3. The first-order valence-corrected chi connectivity index (χ1v) is 28.4. The van der Waals surface area contributed by atoms with Gasteiger partial charge in [-0.1, -0.05) is 11.6 Å². The summed E-state index contributed by atoms with van der Waals surface area (Å²) >= 11 is 1.89. The Balaban J connectivity index is 0.702. The lowest BCUT2D eigenvalue weighted by Crippen LogP contribution is -2.47. The zero-order valence-electron chi connectivity index (χ0n) is 41.0. The van der Waals surface area contributed by atoms with E-state index in [4.69, 9.17) is 56.0 Å². The van der Waals surface area contributed by atoms with Crippen LogP contribution in [-0.4, -0.2) is 207 Å². The molecule has 4 unspecified atom stereocenters. The smallest absolute Gasteiger partial charge is 0.472 e. The van der Waals surface area contributed by atoms with E-state index < -0.39 is 77.7 Å². The molecule has 4 amide bonds. The Hall–Kier alpha value is -2.44. The predicted molar refractivity (Wildman–Crippen MR) is 250 cm³/mol. The van der Waals surface area contributed by atoms with E-state index in [1.54, 1.807) is 6.92 Å². The molecule has 0 aliphatic carbocycles. The van der Waals surface area contributed by atoms with Crippen molar-refractivity contribution in [1.82, 2.24) is 36.3 Å². The molecule has 412 valence electrons. The van der Waals surface area contributed by atoms with E-state index in [-0.39, 0.29) is 42.6 Å². The number of unbranched alkanes of at least 4 members (excludes halogenated alkanes) is 1. The van der Waals surface area contributed by atoms with Crippen molar-refractivity contribution in [3.8, 4) is 0 Å².